The molecule has 2 heterocycles. The maximum absolute atomic E-state index is 12.5. The first-order chi connectivity index (χ1) is 9.27. The van der Waals surface area contributed by atoms with Crippen LogP contribution in [0, 0.1) is 0 Å². The number of nitrogen functional groups attached to an aromatic ring is 1. The summed E-state index contributed by atoms with van der Waals surface area (Å²) >= 11 is 0. The molecule has 0 saturated heterocycles. The van der Waals surface area contributed by atoms with Crippen LogP contribution in [0.5, 0.6) is 5.75 Å². The van der Waals surface area contributed by atoms with E-state index < -0.39 is 0 Å². The lowest BCUT2D eigenvalue weighted by Gasteiger charge is -2.21. The highest BCUT2D eigenvalue weighted by molar-refractivity contribution is 6.14. The van der Waals surface area contributed by atoms with E-state index in [1.807, 2.05) is 12.1 Å². The molecule has 0 atom stereocenters. The van der Waals surface area contributed by atoms with Gasteiger partial charge in [0.15, 0.2) is 11.5 Å². The van der Waals surface area contributed by atoms with Gasteiger partial charge in [-0.2, -0.15) is 0 Å². The summed E-state index contributed by atoms with van der Waals surface area (Å²) in [5.74, 6) is 0.410. The molecule has 3 N–H and O–H groups in total. The van der Waals surface area contributed by atoms with E-state index in [0.717, 1.165) is 12.2 Å². The van der Waals surface area contributed by atoms with Gasteiger partial charge in [-0.1, -0.05) is 6.07 Å². The van der Waals surface area contributed by atoms with Crippen LogP contribution in [0.4, 0.5) is 11.4 Å². The van der Waals surface area contributed by atoms with Crippen molar-refractivity contribution in [3.63, 3.8) is 0 Å². The molecule has 1 aliphatic heterocycles. The predicted molar refractivity (Wildman–Crippen MR) is 72.5 cm³/mol. The van der Waals surface area contributed by atoms with Crippen LogP contribution in [0.25, 0.3) is 0 Å². The number of benzene rings is 1. The number of ketones is 1. The summed E-state index contributed by atoms with van der Waals surface area (Å²) in [4.78, 5) is 16.5. The Bertz CT molecular complexity index is 640. The van der Waals surface area contributed by atoms with Gasteiger partial charge in [0.05, 0.1) is 16.8 Å². The Kier molecular flexibility index (Phi) is 2.79. The smallest absolute Gasteiger partial charge is 0.200 e. The standard InChI is InChI=1S/C14H13N3O2/c15-11-4-5-16-8-10(11)13(18)9-2-1-3-12-14(9)19-7-6-17-12/h1-5,8,17H,6-7H2,(H2,15,16). The van der Waals surface area contributed by atoms with E-state index in [9.17, 15) is 4.79 Å². The Balaban J connectivity index is 2.08. The maximum atomic E-state index is 12.5. The minimum absolute atomic E-state index is 0.175. The van der Waals surface area contributed by atoms with Crippen LogP contribution in [0.15, 0.2) is 36.7 Å². The summed E-state index contributed by atoms with van der Waals surface area (Å²) in [6, 6.07) is 7.06. The Morgan fingerprint density at radius 2 is 2.21 bits per heavy atom. The van der Waals surface area contributed by atoms with Gasteiger partial charge in [-0.05, 0) is 18.2 Å². The van der Waals surface area contributed by atoms with Crippen LogP contribution < -0.4 is 15.8 Å². The van der Waals surface area contributed by atoms with Crippen molar-refractivity contribution in [3.8, 4) is 5.75 Å². The minimum atomic E-state index is -0.175. The molecule has 0 amide bonds. The third-order valence-corrected chi connectivity index (χ3v) is 3.02. The van der Waals surface area contributed by atoms with E-state index in [0.29, 0.717) is 29.2 Å². The number of hydrogen-bond acceptors (Lipinski definition) is 5. The zero-order valence-corrected chi connectivity index (χ0v) is 10.2. The van der Waals surface area contributed by atoms with E-state index in [-0.39, 0.29) is 5.78 Å². The van der Waals surface area contributed by atoms with Crippen LogP contribution >= 0.6 is 0 Å². The lowest BCUT2D eigenvalue weighted by Crippen LogP contribution is -2.20. The van der Waals surface area contributed by atoms with Crippen molar-refractivity contribution >= 4 is 17.2 Å². The second-order valence-corrected chi connectivity index (χ2v) is 4.25. The molecule has 1 aromatic heterocycles. The minimum Gasteiger partial charge on any atom is -0.489 e. The van der Waals surface area contributed by atoms with Crippen LogP contribution in [0.1, 0.15) is 15.9 Å². The van der Waals surface area contributed by atoms with Gasteiger partial charge in [-0.3, -0.25) is 9.78 Å². The van der Waals surface area contributed by atoms with Crippen LogP contribution in [0.3, 0.4) is 0 Å². The average molecular weight is 255 g/mol. The monoisotopic (exact) mass is 255 g/mol. The lowest BCUT2D eigenvalue weighted by molar-refractivity contribution is 0.103. The van der Waals surface area contributed by atoms with Crippen molar-refractivity contribution < 1.29 is 9.53 Å². The molecule has 96 valence electrons. The first-order valence-electron chi connectivity index (χ1n) is 6.01. The molecule has 0 aliphatic carbocycles. The molecule has 0 unspecified atom stereocenters. The van der Waals surface area contributed by atoms with Gasteiger partial charge in [0.1, 0.15) is 6.61 Å². The van der Waals surface area contributed by atoms with Crippen molar-refractivity contribution in [1.29, 1.82) is 0 Å². The summed E-state index contributed by atoms with van der Waals surface area (Å²) in [5.41, 5.74) is 7.97. The molecule has 2 aromatic rings. The molecule has 0 bridgehead atoms. The molecule has 0 saturated carbocycles. The molecule has 1 aromatic carbocycles. The summed E-state index contributed by atoms with van der Waals surface area (Å²) < 4.78 is 5.59. The Morgan fingerprint density at radius 3 is 3.05 bits per heavy atom. The summed E-state index contributed by atoms with van der Waals surface area (Å²) in [6.07, 6.45) is 3.04. The molecule has 0 spiro atoms. The summed E-state index contributed by atoms with van der Waals surface area (Å²) in [5, 5.41) is 3.20. The molecule has 5 nitrogen and oxygen atoms in total. The number of aromatic nitrogens is 1. The number of nitrogens with two attached hydrogens (primary N) is 1. The topological polar surface area (TPSA) is 77.2 Å². The van der Waals surface area contributed by atoms with Gasteiger partial charge in [-0.25, -0.2) is 0 Å². The summed E-state index contributed by atoms with van der Waals surface area (Å²) in [7, 11) is 0. The fourth-order valence-electron chi connectivity index (χ4n) is 2.09. The summed E-state index contributed by atoms with van der Waals surface area (Å²) in [6.45, 7) is 1.28. The number of ether oxygens (including phenoxy) is 1. The highest BCUT2D eigenvalue weighted by Crippen LogP contribution is 2.33. The quantitative estimate of drug-likeness (QED) is 0.799. The number of pyridine rings is 1. The van der Waals surface area contributed by atoms with Gasteiger partial charge in [0.2, 0.25) is 0 Å². The normalized spacial score (nSPS) is 13.1. The van der Waals surface area contributed by atoms with Gasteiger partial charge in [0, 0.05) is 24.6 Å². The van der Waals surface area contributed by atoms with E-state index in [1.54, 1.807) is 18.3 Å². The second-order valence-electron chi connectivity index (χ2n) is 4.25. The number of carbonyl (C=O) groups excluding carboxylic acids is 1. The molecule has 0 fully saturated rings. The van der Waals surface area contributed by atoms with Crippen molar-refractivity contribution in [2.75, 3.05) is 24.2 Å². The number of fused-ring (bicyclic) bond motifs is 1. The zero-order chi connectivity index (χ0) is 13.2. The Morgan fingerprint density at radius 1 is 1.32 bits per heavy atom. The van der Waals surface area contributed by atoms with Crippen molar-refractivity contribution in [1.82, 2.24) is 4.98 Å². The number of rotatable bonds is 2. The molecular formula is C14H13N3O2. The first-order valence-corrected chi connectivity index (χ1v) is 6.01. The highest BCUT2D eigenvalue weighted by atomic mass is 16.5. The highest BCUT2D eigenvalue weighted by Gasteiger charge is 2.21. The number of anilines is 2. The Labute approximate surface area is 110 Å². The van der Waals surface area contributed by atoms with Gasteiger partial charge in [0.25, 0.3) is 0 Å². The number of carbonyl (C=O) groups is 1. The molecule has 19 heavy (non-hydrogen) atoms. The number of nitrogens with one attached hydrogen (secondary N) is 1. The molecule has 3 rings (SSSR count). The number of nitrogens with zero attached hydrogens (tertiary/aromatic N) is 1. The SMILES string of the molecule is Nc1ccncc1C(=O)c1cccc2c1OCCN2. The molecule has 5 heteroatoms. The first kappa shape index (κ1) is 11.5. The third kappa shape index (κ3) is 1.99. The predicted octanol–water partition coefficient (Wildman–Crippen LogP) is 1.70. The molecular weight excluding hydrogens is 242 g/mol. The Hall–Kier alpha value is -2.56. The zero-order valence-electron chi connectivity index (χ0n) is 10.2. The fraction of sp³-hybridized carbons (Fsp3) is 0.143. The van der Waals surface area contributed by atoms with Crippen LogP contribution in [-0.2, 0) is 0 Å². The van der Waals surface area contributed by atoms with E-state index >= 15 is 0 Å². The fourth-order valence-corrected chi connectivity index (χ4v) is 2.09. The van der Waals surface area contributed by atoms with Gasteiger partial charge in [-0.15, -0.1) is 0 Å². The lowest BCUT2D eigenvalue weighted by atomic mass is 10.0. The second kappa shape index (κ2) is 4.61. The molecule has 1 aliphatic rings. The largest absolute Gasteiger partial charge is 0.489 e. The van der Waals surface area contributed by atoms with E-state index in [2.05, 4.69) is 10.3 Å². The van der Waals surface area contributed by atoms with Crippen molar-refractivity contribution in [2.45, 2.75) is 0 Å². The van der Waals surface area contributed by atoms with Crippen LogP contribution in [0.2, 0.25) is 0 Å². The van der Waals surface area contributed by atoms with Crippen LogP contribution in [-0.4, -0.2) is 23.9 Å². The van der Waals surface area contributed by atoms with E-state index in [1.165, 1.54) is 6.20 Å². The third-order valence-electron chi connectivity index (χ3n) is 3.02. The number of para-hydroxylation sites is 1. The average Bonchev–Trinajstić information content (AvgIpc) is 2.46. The number of hydrogen-bond donors (Lipinski definition) is 2. The van der Waals surface area contributed by atoms with Gasteiger partial charge >= 0.3 is 0 Å². The van der Waals surface area contributed by atoms with Gasteiger partial charge < -0.3 is 15.8 Å². The van der Waals surface area contributed by atoms with Crippen molar-refractivity contribution in [2.24, 2.45) is 0 Å². The maximum Gasteiger partial charge on any atom is 0.200 e. The van der Waals surface area contributed by atoms with Crippen molar-refractivity contribution in [3.05, 3.63) is 47.8 Å². The molecule has 0 radical (unpaired) electrons. The van der Waals surface area contributed by atoms with E-state index in [4.69, 9.17) is 10.5 Å².